The molecule has 0 spiro atoms. The Hall–Kier alpha value is -3.75. The lowest BCUT2D eigenvalue weighted by atomic mass is 10.2. The standard InChI is InChI=1S/C17H13N5O4/c23-14(5-6-15-21-16(22-26-15)13-2-1-7-25-13)20-10-3-4-12-11(8-10)17(24)19-9-18-12/h1-4,7-9H,5-6H2,(H,20,23)(H,18,19,24). The van der Waals surface area contributed by atoms with Gasteiger partial charge < -0.3 is 19.2 Å². The van der Waals surface area contributed by atoms with Gasteiger partial charge in [-0.05, 0) is 30.3 Å². The summed E-state index contributed by atoms with van der Waals surface area (Å²) in [6.07, 6.45) is 3.30. The first-order chi connectivity index (χ1) is 12.7. The number of rotatable bonds is 5. The number of benzene rings is 1. The highest BCUT2D eigenvalue weighted by atomic mass is 16.5. The molecule has 4 aromatic rings. The number of hydrogen-bond donors (Lipinski definition) is 2. The molecule has 0 aliphatic heterocycles. The van der Waals surface area contributed by atoms with E-state index in [-0.39, 0.29) is 24.3 Å². The van der Waals surface area contributed by atoms with Crippen LogP contribution in [0.5, 0.6) is 0 Å². The summed E-state index contributed by atoms with van der Waals surface area (Å²) >= 11 is 0. The monoisotopic (exact) mass is 351 g/mol. The van der Waals surface area contributed by atoms with E-state index in [2.05, 4.69) is 25.4 Å². The summed E-state index contributed by atoms with van der Waals surface area (Å²) in [5.74, 6) is 0.944. The Labute approximate surface area is 146 Å². The zero-order chi connectivity index (χ0) is 17.9. The highest BCUT2D eigenvalue weighted by Gasteiger charge is 2.12. The van der Waals surface area contributed by atoms with Gasteiger partial charge in [-0.1, -0.05) is 5.16 Å². The van der Waals surface area contributed by atoms with Gasteiger partial charge >= 0.3 is 0 Å². The van der Waals surface area contributed by atoms with Crippen molar-refractivity contribution in [2.75, 3.05) is 5.32 Å². The van der Waals surface area contributed by atoms with Crippen molar-refractivity contribution in [1.29, 1.82) is 0 Å². The molecule has 0 unspecified atom stereocenters. The summed E-state index contributed by atoms with van der Waals surface area (Å²) in [7, 11) is 0. The Morgan fingerprint density at radius 1 is 1.27 bits per heavy atom. The Bertz CT molecular complexity index is 1110. The number of carbonyl (C=O) groups is 1. The van der Waals surface area contributed by atoms with Crippen molar-refractivity contribution in [3.63, 3.8) is 0 Å². The van der Waals surface area contributed by atoms with Gasteiger partial charge in [0.2, 0.25) is 17.6 Å². The van der Waals surface area contributed by atoms with E-state index in [0.717, 1.165) is 0 Å². The van der Waals surface area contributed by atoms with E-state index in [1.807, 2.05) is 0 Å². The average Bonchev–Trinajstić information content (AvgIpc) is 3.32. The van der Waals surface area contributed by atoms with Crippen molar-refractivity contribution in [2.24, 2.45) is 0 Å². The molecule has 0 bridgehead atoms. The molecule has 3 heterocycles. The number of aromatic amines is 1. The molecule has 26 heavy (non-hydrogen) atoms. The van der Waals surface area contributed by atoms with Gasteiger partial charge in [-0.2, -0.15) is 4.98 Å². The van der Waals surface area contributed by atoms with E-state index in [9.17, 15) is 9.59 Å². The van der Waals surface area contributed by atoms with E-state index in [4.69, 9.17) is 8.94 Å². The Morgan fingerprint density at radius 3 is 3.04 bits per heavy atom. The quantitative estimate of drug-likeness (QED) is 0.564. The number of nitrogens with zero attached hydrogens (tertiary/aromatic N) is 3. The highest BCUT2D eigenvalue weighted by Crippen LogP contribution is 2.17. The Balaban J connectivity index is 1.40. The molecule has 0 aliphatic rings. The maximum absolute atomic E-state index is 12.1. The van der Waals surface area contributed by atoms with Crippen molar-refractivity contribution in [3.8, 4) is 11.6 Å². The molecule has 0 aliphatic carbocycles. The van der Waals surface area contributed by atoms with Crippen LogP contribution in [0.1, 0.15) is 12.3 Å². The summed E-state index contributed by atoms with van der Waals surface area (Å²) in [4.78, 5) is 34.6. The van der Waals surface area contributed by atoms with Crippen molar-refractivity contribution >= 4 is 22.5 Å². The van der Waals surface area contributed by atoms with Gasteiger partial charge in [0, 0.05) is 18.5 Å². The smallest absolute Gasteiger partial charge is 0.258 e. The van der Waals surface area contributed by atoms with Crippen LogP contribution in [-0.4, -0.2) is 26.0 Å². The minimum absolute atomic E-state index is 0.154. The molecular weight excluding hydrogens is 338 g/mol. The van der Waals surface area contributed by atoms with Crippen LogP contribution in [0.2, 0.25) is 0 Å². The van der Waals surface area contributed by atoms with Gasteiger partial charge in [0.25, 0.3) is 5.56 Å². The minimum atomic E-state index is -0.262. The van der Waals surface area contributed by atoms with Crippen molar-refractivity contribution in [3.05, 3.63) is 59.2 Å². The van der Waals surface area contributed by atoms with Gasteiger partial charge in [-0.15, -0.1) is 0 Å². The van der Waals surface area contributed by atoms with Crippen LogP contribution in [0.3, 0.4) is 0 Å². The summed E-state index contributed by atoms with van der Waals surface area (Å²) < 4.78 is 10.3. The molecule has 0 fully saturated rings. The van der Waals surface area contributed by atoms with Crippen LogP contribution in [0.25, 0.3) is 22.5 Å². The second kappa shape index (κ2) is 6.63. The van der Waals surface area contributed by atoms with Crippen LogP contribution >= 0.6 is 0 Å². The fraction of sp³-hybridized carbons (Fsp3) is 0.118. The molecule has 4 rings (SSSR count). The van der Waals surface area contributed by atoms with Crippen LogP contribution in [0.15, 0.2) is 56.7 Å². The molecule has 0 atom stereocenters. The number of fused-ring (bicyclic) bond motifs is 1. The predicted octanol–water partition coefficient (Wildman–Crippen LogP) is 2.14. The van der Waals surface area contributed by atoms with E-state index in [1.54, 1.807) is 30.3 Å². The molecule has 9 heteroatoms. The maximum atomic E-state index is 12.1. The number of aryl methyl sites for hydroxylation is 1. The van der Waals surface area contributed by atoms with Crippen LogP contribution < -0.4 is 10.9 Å². The first-order valence-electron chi connectivity index (χ1n) is 7.83. The second-order valence-electron chi connectivity index (χ2n) is 5.50. The number of nitrogens with one attached hydrogen (secondary N) is 2. The highest BCUT2D eigenvalue weighted by molar-refractivity contribution is 5.93. The van der Waals surface area contributed by atoms with E-state index in [1.165, 1.54) is 12.6 Å². The van der Waals surface area contributed by atoms with Gasteiger partial charge in [0.1, 0.15) is 0 Å². The van der Waals surface area contributed by atoms with E-state index < -0.39 is 0 Å². The Kier molecular flexibility index (Phi) is 4.02. The van der Waals surface area contributed by atoms with Gasteiger partial charge in [-0.3, -0.25) is 9.59 Å². The third-order valence-electron chi connectivity index (χ3n) is 3.70. The zero-order valence-electron chi connectivity index (χ0n) is 13.4. The molecule has 0 saturated carbocycles. The fourth-order valence-corrected chi connectivity index (χ4v) is 2.45. The van der Waals surface area contributed by atoms with Gasteiger partial charge in [0.05, 0.1) is 23.5 Å². The summed E-state index contributed by atoms with van der Waals surface area (Å²) in [6.45, 7) is 0. The zero-order valence-corrected chi connectivity index (χ0v) is 13.4. The number of H-pyrrole nitrogens is 1. The van der Waals surface area contributed by atoms with Crippen LogP contribution in [0, 0.1) is 0 Å². The normalized spacial score (nSPS) is 10.9. The molecule has 1 amide bonds. The average molecular weight is 351 g/mol. The van der Waals surface area contributed by atoms with Crippen LogP contribution in [-0.2, 0) is 11.2 Å². The van der Waals surface area contributed by atoms with Crippen molar-refractivity contribution < 1.29 is 13.7 Å². The van der Waals surface area contributed by atoms with E-state index in [0.29, 0.717) is 34.1 Å². The van der Waals surface area contributed by atoms with Crippen LogP contribution in [0.4, 0.5) is 5.69 Å². The third-order valence-corrected chi connectivity index (χ3v) is 3.70. The molecule has 2 N–H and O–H groups in total. The third kappa shape index (κ3) is 3.22. The Morgan fingerprint density at radius 2 is 2.19 bits per heavy atom. The number of furan rings is 1. The number of amides is 1. The molecule has 1 aromatic carbocycles. The number of carbonyl (C=O) groups excluding carboxylic acids is 1. The molecule has 9 nitrogen and oxygen atoms in total. The topological polar surface area (TPSA) is 127 Å². The number of hydrogen-bond acceptors (Lipinski definition) is 7. The first-order valence-corrected chi connectivity index (χ1v) is 7.83. The minimum Gasteiger partial charge on any atom is -0.461 e. The van der Waals surface area contributed by atoms with Gasteiger partial charge in [0.15, 0.2) is 5.76 Å². The number of aromatic nitrogens is 4. The lowest BCUT2D eigenvalue weighted by molar-refractivity contribution is -0.116. The molecule has 130 valence electrons. The maximum Gasteiger partial charge on any atom is 0.258 e. The number of anilines is 1. The van der Waals surface area contributed by atoms with Crippen molar-refractivity contribution in [1.82, 2.24) is 20.1 Å². The van der Waals surface area contributed by atoms with Gasteiger partial charge in [-0.25, -0.2) is 4.98 Å². The first kappa shape index (κ1) is 15.8. The predicted molar refractivity (Wildman–Crippen MR) is 91.3 cm³/mol. The lowest BCUT2D eigenvalue weighted by Gasteiger charge is -2.05. The fourth-order valence-electron chi connectivity index (χ4n) is 2.45. The van der Waals surface area contributed by atoms with E-state index >= 15 is 0 Å². The summed E-state index contributed by atoms with van der Waals surface area (Å²) in [6, 6.07) is 8.39. The summed E-state index contributed by atoms with van der Waals surface area (Å²) in [5.41, 5.74) is 0.813. The SMILES string of the molecule is O=C(CCc1nc(-c2ccco2)no1)Nc1ccc2nc[nH]c(=O)c2c1. The molecule has 0 radical (unpaired) electrons. The second-order valence-corrected chi connectivity index (χ2v) is 5.50. The summed E-state index contributed by atoms with van der Waals surface area (Å²) in [5, 5.41) is 6.95. The molecule has 3 aromatic heterocycles. The largest absolute Gasteiger partial charge is 0.461 e. The van der Waals surface area contributed by atoms with Crippen molar-refractivity contribution in [2.45, 2.75) is 12.8 Å². The molecule has 0 saturated heterocycles. The molecular formula is C17H13N5O4. The lowest BCUT2D eigenvalue weighted by Crippen LogP contribution is -2.13.